The van der Waals surface area contributed by atoms with Crippen LogP contribution in [0.5, 0.6) is 11.5 Å². The fraction of sp³-hybridized carbons (Fsp3) is 0.280. The summed E-state index contributed by atoms with van der Waals surface area (Å²) in [6, 6.07) is 18.6. The quantitative estimate of drug-likeness (QED) is 0.395. The molecule has 6 heteroatoms. The number of amides is 1. The molecule has 31 heavy (non-hydrogen) atoms. The molecule has 1 unspecified atom stereocenters. The topological polar surface area (TPSA) is 60.5 Å². The SMILES string of the molecule is Cc1nc(CC(C)OC(C)C)ccc1C(=O)Nc1ccc(Oc2ccccc2Br)cc1. The van der Waals surface area contributed by atoms with Gasteiger partial charge in [-0.15, -0.1) is 0 Å². The first-order valence-corrected chi connectivity index (χ1v) is 11.1. The number of aryl methyl sites for hydroxylation is 1. The van der Waals surface area contributed by atoms with E-state index in [4.69, 9.17) is 9.47 Å². The van der Waals surface area contributed by atoms with E-state index < -0.39 is 0 Å². The highest BCUT2D eigenvalue weighted by Gasteiger charge is 2.13. The number of hydrogen-bond acceptors (Lipinski definition) is 4. The Morgan fingerprint density at radius 2 is 1.74 bits per heavy atom. The molecule has 0 radical (unpaired) electrons. The Labute approximate surface area is 191 Å². The largest absolute Gasteiger partial charge is 0.456 e. The van der Waals surface area contributed by atoms with Crippen molar-refractivity contribution < 1.29 is 14.3 Å². The molecule has 0 aliphatic heterocycles. The summed E-state index contributed by atoms with van der Waals surface area (Å²) in [5, 5.41) is 2.92. The summed E-state index contributed by atoms with van der Waals surface area (Å²) < 4.78 is 12.5. The van der Waals surface area contributed by atoms with E-state index in [2.05, 4.69) is 26.2 Å². The van der Waals surface area contributed by atoms with Gasteiger partial charge in [0.15, 0.2) is 0 Å². The van der Waals surface area contributed by atoms with Crippen LogP contribution in [0.2, 0.25) is 0 Å². The van der Waals surface area contributed by atoms with E-state index in [0.717, 1.165) is 15.9 Å². The summed E-state index contributed by atoms with van der Waals surface area (Å²) in [6.45, 7) is 7.91. The second-order valence-corrected chi connectivity index (χ2v) is 8.50. The van der Waals surface area contributed by atoms with Crippen molar-refractivity contribution in [3.05, 3.63) is 82.1 Å². The van der Waals surface area contributed by atoms with E-state index in [0.29, 0.717) is 29.1 Å². The van der Waals surface area contributed by atoms with Crippen LogP contribution in [0.25, 0.3) is 0 Å². The zero-order chi connectivity index (χ0) is 22.4. The first-order chi connectivity index (χ1) is 14.8. The van der Waals surface area contributed by atoms with Gasteiger partial charge in [-0.3, -0.25) is 9.78 Å². The number of carbonyl (C=O) groups is 1. The highest BCUT2D eigenvalue weighted by molar-refractivity contribution is 9.10. The number of pyridine rings is 1. The summed E-state index contributed by atoms with van der Waals surface area (Å²) in [5.74, 6) is 1.22. The number of aromatic nitrogens is 1. The zero-order valence-electron chi connectivity index (χ0n) is 18.2. The van der Waals surface area contributed by atoms with Gasteiger partial charge in [0, 0.05) is 17.8 Å². The fourth-order valence-electron chi connectivity index (χ4n) is 3.23. The van der Waals surface area contributed by atoms with Gasteiger partial charge in [0.2, 0.25) is 0 Å². The van der Waals surface area contributed by atoms with E-state index in [-0.39, 0.29) is 18.1 Å². The Morgan fingerprint density at radius 3 is 2.39 bits per heavy atom. The number of para-hydroxylation sites is 1. The number of carbonyl (C=O) groups excluding carboxylic acids is 1. The van der Waals surface area contributed by atoms with Gasteiger partial charge in [0.1, 0.15) is 11.5 Å². The van der Waals surface area contributed by atoms with Gasteiger partial charge in [-0.2, -0.15) is 0 Å². The normalized spacial score (nSPS) is 11.9. The van der Waals surface area contributed by atoms with Crippen molar-refractivity contribution in [2.75, 3.05) is 5.32 Å². The average molecular weight is 483 g/mol. The van der Waals surface area contributed by atoms with Crippen LogP contribution in [0, 0.1) is 6.92 Å². The summed E-state index contributed by atoms with van der Waals surface area (Å²) in [7, 11) is 0. The molecule has 1 atom stereocenters. The van der Waals surface area contributed by atoms with Crippen LogP contribution in [0.4, 0.5) is 5.69 Å². The van der Waals surface area contributed by atoms with Crippen molar-refractivity contribution in [1.29, 1.82) is 0 Å². The summed E-state index contributed by atoms with van der Waals surface area (Å²) in [4.78, 5) is 17.3. The van der Waals surface area contributed by atoms with Crippen molar-refractivity contribution in [3.8, 4) is 11.5 Å². The van der Waals surface area contributed by atoms with Gasteiger partial charge >= 0.3 is 0 Å². The maximum Gasteiger partial charge on any atom is 0.257 e. The monoisotopic (exact) mass is 482 g/mol. The third kappa shape index (κ3) is 6.64. The van der Waals surface area contributed by atoms with Crippen LogP contribution < -0.4 is 10.1 Å². The minimum Gasteiger partial charge on any atom is -0.456 e. The maximum absolute atomic E-state index is 12.7. The Hall–Kier alpha value is -2.70. The highest BCUT2D eigenvalue weighted by Crippen LogP contribution is 2.29. The molecule has 0 fully saturated rings. The Balaban J connectivity index is 1.62. The zero-order valence-corrected chi connectivity index (χ0v) is 19.8. The molecule has 0 saturated heterocycles. The minimum absolute atomic E-state index is 0.0730. The molecule has 0 aliphatic rings. The van der Waals surface area contributed by atoms with Crippen LogP contribution in [0.1, 0.15) is 42.5 Å². The molecule has 0 spiro atoms. The molecule has 3 aromatic rings. The van der Waals surface area contributed by atoms with Crippen molar-refractivity contribution >= 4 is 27.5 Å². The Kier molecular flexibility index (Phi) is 7.82. The first-order valence-electron chi connectivity index (χ1n) is 10.3. The van der Waals surface area contributed by atoms with Gasteiger partial charge in [0.05, 0.1) is 27.9 Å². The van der Waals surface area contributed by atoms with Crippen LogP contribution in [0.15, 0.2) is 65.1 Å². The van der Waals surface area contributed by atoms with Crippen LogP contribution in [-0.4, -0.2) is 23.1 Å². The fourth-order valence-corrected chi connectivity index (χ4v) is 3.60. The van der Waals surface area contributed by atoms with Crippen molar-refractivity contribution in [2.24, 2.45) is 0 Å². The predicted octanol–water partition coefficient (Wildman–Crippen LogP) is 6.55. The van der Waals surface area contributed by atoms with E-state index in [1.807, 2.05) is 88.4 Å². The highest BCUT2D eigenvalue weighted by atomic mass is 79.9. The second-order valence-electron chi connectivity index (χ2n) is 7.65. The lowest BCUT2D eigenvalue weighted by atomic mass is 10.1. The molecule has 1 heterocycles. The van der Waals surface area contributed by atoms with E-state index >= 15 is 0 Å². The standard InChI is InChI=1S/C25H27BrN2O3/c1-16(2)30-17(3)15-20-11-14-22(18(4)27-20)25(29)28-19-9-12-21(13-10-19)31-24-8-6-5-7-23(24)26/h5-14,16-17H,15H2,1-4H3,(H,28,29). The van der Waals surface area contributed by atoms with E-state index in [9.17, 15) is 4.79 Å². The Bertz CT molecular complexity index is 1040. The van der Waals surface area contributed by atoms with E-state index in [1.54, 1.807) is 0 Å². The molecule has 5 nitrogen and oxygen atoms in total. The molecule has 0 aliphatic carbocycles. The van der Waals surface area contributed by atoms with Gasteiger partial charge < -0.3 is 14.8 Å². The molecule has 1 aromatic heterocycles. The molecule has 0 bridgehead atoms. The van der Waals surface area contributed by atoms with E-state index in [1.165, 1.54) is 0 Å². The summed E-state index contributed by atoms with van der Waals surface area (Å²) in [5.41, 5.74) is 2.85. The number of ether oxygens (including phenoxy) is 2. The lowest BCUT2D eigenvalue weighted by Gasteiger charge is -2.16. The predicted molar refractivity (Wildman–Crippen MR) is 127 cm³/mol. The first kappa shape index (κ1) is 23.0. The smallest absolute Gasteiger partial charge is 0.257 e. The van der Waals surface area contributed by atoms with Gasteiger partial charge in [0.25, 0.3) is 5.91 Å². The molecular formula is C25H27BrN2O3. The van der Waals surface area contributed by atoms with Crippen LogP contribution >= 0.6 is 15.9 Å². The molecule has 0 saturated carbocycles. The lowest BCUT2D eigenvalue weighted by Crippen LogP contribution is -2.18. The van der Waals surface area contributed by atoms with Crippen molar-refractivity contribution in [1.82, 2.24) is 4.98 Å². The molecular weight excluding hydrogens is 456 g/mol. The van der Waals surface area contributed by atoms with Gasteiger partial charge in [-0.25, -0.2) is 0 Å². The molecule has 1 N–H and O–H groups in total. The maximum atomic E-state index is 12.7. The van der Waals surface area contributed by atoms with Crippen molar-refractivity contribution in [3.63, 3.8) is 0 Å². The number of benzene rings is 2. The van der Waals surface area contributed by atoms with Crippen molar-refractivity contribution in [2.45, 2.75) is 46.3 Å². The third-order valence-electron chi connectivity index (χ3n) is 4.57. The van der Waals surface area contributed by atoms with Crippen LogP contribution in [-0.2, 0) is 11.2 Å². The summed E-state index contributed by atoms with van der Waals surface area (Å²) >= 11 is 3.47. The minimum atomic E-state index is -0.192. The average Bonchev–Trinajstić information content (AvgIpc) is 2.70. The number of nitrogens with zero attached hydrogens (tertiary/aromatic N) is 1. The molecule has 3 rings (SSSR count). The number of rotatable bonds is 8. The van der Waals surface area contributed by atoms with Gasteiger partial charge in [-0.05, 0) is 92.2 Å². The lowest BCUT2D eigenvalue weighted by molar-refractivity contribution is 0.0190. The second kappa shape index (κ2) is 10.6. The number of nitrogens with one attached hydrogen (secondary N) is 1. The molecule has 1 amide bonds. The number of hydrogen-bond donors (Lipinski definition) is 1. The number of halogens is 1. The van der Waals surface area contributed by atoms with Gasteiger partial charge in [-0.1, -0.05) is 12.1 Å². The third-order valence-corrected chi connectivity index (χ3v) is 5.22. The molecule has 162 valence electrons. The number of anilines is 1. The molecule has 2 aromatic carbocycles. The Morgan fingerprint density at radius 1 is 1.03 bits per heavy atom. The summed E-state index contributed by atoms with van der Waals surface area (Å²) in [6.07, 6.45) is 0.955. The van der Waals surface area contributed by atoms with Crippen LogP contribution in [0.3, 0.4) is 0 Å².